The molecule has 1 atom stereocenters. The fourth-order valence-electron chi connectivity index (χ4n) is 1.91. The average Bonchev–Trinajstić information content (AvgIpc) is 2.33. The number of hydrogen-bond acceptors (Lipinski definition) is 2. The fraction of sp³-hybridized carbons (Fsp3) is 0.714. The Balaban J connectivity index is 2.62. The highest BCUT2D eigenvalue weighted by molar-refractivity contribution is 5.87. The Morgan fingerprint density at radius 3 is 2.67 bits per heavy atom. The van der Waals surface area contributed by atoms with E-state index >= 15 is 0 Å². The minimum absolute atomic E-state index is 0.0359. The molecule has 1 aliphatic rings. The molecule has 2 amide bonds. The fourth-order valence-corrected chi connectivity index (χ4v) is 1.91. The number of rotatable bonds is 1. The van der Waals surface area contributed by atoms with E-state index in [4.69, 9.17) is 0 Å². The van der Waals surface area contributed by atoms with Crippen molar-refractivity contribution in [3.8, 4) is 0 Å². The van der Waals surface area contributed by atoms with Crippen LogP contribution in [0, 0.1) is 11.8 Å². The van der Waals surface area contributed by atoms with Crippen molar-refractivity contribution >= 4 is 11.8 Å². The first-order valence-electron chi connectivity index (χ1n) is 6.82. The van der Waals surface area contributed by atoms with Gasteiger partial charge < -0.3 is 10.6 Å². The normalized spacial score (nSPS) is 25.4. The molecule has 0 saturated heterocycles. The summed E-state index contributed by atoms with van der Waals surface area (Å²) in [5.41, 5.74) is 0. The van der Waals surface area contributed by atoms with Crippen molar-refractivity contribution in [2.75, 3.05) is 13.1 Å². The lowest BCUT2D eigenvalue weighted by Gasteiger charge is -2.17. The topological polar surface area (TPSA) is 58.2 Å². The zero-order chi connectivity index (χ0) is 13.4. The van der Waals surface area contributed by atoms with Gasteiger partial charge in [0.05, 0.1) is 0 Å². The van der Waals surface area contributed by atoms with Gasteiger partial charge in [-0.2, -0.15) is 0 Å². The third-order valence-corrected chi connectivity index (χ3v) is 3.27. The van der Waals surface area contributed by atoms with Gasteiger partial charge in [0.25, 0.3) is 0 Å². The van der Waals surface area contributed by atoms with Crippen molar-refractivity contribution in [1.82, 2.24) is 10.6 Å². The van der Waals surface area contributed by atoms with Crippen molar-refractivity contribution in [2.24, 2.45) is 11.8 Å². The van der Waals surface area contributed by atoms with Crippen molar-refractivity contribution in [2.45, 2.75) is 39.5 Å². The van der Waals surface area contributed by atoms with Crippen LogP contribution < -0.4 is 10.6 Å². The SMILES string of the molecule is CC(C)C1/C=C/C(=O)NCCCCCC(=O)NC1. The van der Waals surface area contributed by atoms with E-state index in [0.29, 0.717) is 25.4 Å². The van der Waals surface area contributed by atoms with E-state index < -0.39 is 0 Å². The van der Waals surface area contributed by atoms with Crippen LogP contribution in [0.2, 0.25) is 0 Å². The number of nitrogens with one attached hydrogen (secondary N) is 2. The lowest BCUT2D eigenvalue weighted by Crippen LogP contribution is -2.30. The van der Waals surface area contributed by atoms with Crippen LogP contribution in [-0.2, 0) is 9.59 Å². The van der Waals surface area contributed by atoms with E-state index in [1.54, 1.807) is 6.08 Å². The molecule has 1 unspecified atom stereocenters. The molecule has 0 radical (unpaired) electrons. The second-order valence-electron chi connectivity index (χ2n) is 5.17. The summed E-state index contributed by atoms with van der Waals surface area (Å²) in [5.74, 6) is 0.693. The van der Waals surface area contributed by atoms with Crippen LogP contribution in [0.1, 0.15) is 39.5 Å². The molecule has 18 heavy (non-hydrogen) atoms. The van der Waals surface area contributed by atoms with E-state index in [0.717, 1.165) is 19.3 Å². The van der Waals surface area contributed by atoms with Crippen molar-refractivity contribution in [1.29, 1.82) is 0 Å². The molecule has 0 aromatic heterocycles. The Bertz CT molecular complexity index is 311. The molecule has 4 nitrogen and oxygen atoms in total. The predicted octanol–water partition coefficient (Wildman–Crippen LogP) is 1.62. The smallest absolute Gasteiger partial charge is 0.243 e. The standard InChI is InChI=1S/C14H24N2O2/c1-11(2)12-7-8-14(18)15-9-5-3-4-6-13(17)16-10-12/h7-8,11-12H,3-6,9-10H2,1-2H3,(H,15,18)(H,16,17)/b8-7+. The summed E-state index contributed by atoms with van der Waals surface area (Å²) in [4.78, 5) is 23.1. The molecule has 0 bridgehead atoms. The number of carbonyl (C=O) groups is 2. The monoisotopic (exact) mass is 252 g/mol. The second-order valence-corrected chi connectivity index (χ2v) is 5.17. The van der Waals surface area contributed by atoms with Gasteiger partial charge in [0.1, 0.15) is 0 Å². The molecular formula is C14H24N2O2. The highest BCUT2D eigenvalue weighted by Gasteiger charge is 2.12. The van der Waals surface area contributed by atoms with Gasteiger partial charge in [0.2, 0.25) is 11.8 Å². The lowest BCUT2D eigenvalue weighted by atomic mass is 9.95. The van der Waals surface area contributed by atoms with Gasteiger partial charge >= 0.3 is 0 Å². The summed E-state index contributed by atoms with van der Waals surface area (Å²) in [6, 6.07) is 0. The number of hydrogen-bond donors (Lipinski definition) is 2. The molecular weight excluding hydrogens is 228 g/mol. The van der Waals surface area contributed by atoms with Crippen LogP contribution in [-0.4, -0.2) is 24.9 Å². The zero-order valence-corrected chi connectivity index (χ0v) is 11.4. The molecule has 0 saturated carbocycles. The quantitative estimate of drug-likeness (QED) is 0.745. The Kier molecular flexibility index (Phi) is 6.47. The molecule has 2 N–H and O–H groups in total. The van der Waals surface area contributed by atoms with Gasteiger partial charge in [-0.15, -0.1) is 0 Å². The van der Waals surface area contributed by atoms with Crippen LogP contribution in [0.4, 0.5) is 0 Å². The van der Waals surface area contributed by atoms with Gasteiger partial charge in [-0.25, -0.2) is 0 Å². The van der Waals surface area contributed by atoms with Crippen molar-refractivity contribution < 1.29 is 9.59 Å². The summed E-state index contributed by atoms with van der Waals surface area (Å²) in [7, 11) is 0. The molecule has 0 fully saturated rings. The minimum atomic E-state index is -0.0359. The Morgan fingerprint density at radius 1 is 1.17 bits per heavy atom. The van der Waals surface area contributed by atoms with Crippen LogP contribution in [0.25, 0.3) is 0 Å². The summed E-state index contributed by atoms with van der Waals surface area (Å²) in [5, 5.41) is 5.81. The van der Waals surface area contributed by atoms with Crippen LogP contribution in [0.3, 0.4) is 0 Å². The molecule has 1 rings (SSSR count). The second kappa shape index (κ2) is 7.90. The number of amides is 2. The Hall–Kier alpha value is -1.32. The van der Waals surface area contributed by atoms with Gasteiger partial charge in [0.15, 0.2) is 0 Å². The molecule has 0 aromatic carbocycles. The maximum Gasteiger partial charge on any atom is 0.243 e. The van der Waals surface area contributed by atoms with E-state index in [1.165, 1.54) is 0 Å². The van der Waals surface area contributed by atoms with Gasteiger partial charge in [-0.05, 0) is 30.8 Å². The molecule has 0 aliphatic carbocycles. The summed E-state index contributed by atoms with van der Waals surface area (Å²) >= 11 is 0. The Morgan fingerprint density at radius 2 is 1.94 bits per heavy atom. The van der Waals surface area contributed by atoms with Gasteiger partial charge in [-0.3, -0.25) is 9.59 Å². The first-order chi connectivity index (χ1) is 8.59. The van der Waals surface area contributed by atoms with Crippen LogP contribution in [0.5, 0.6) is 0 Å². The summed E-state index contributed by atoms with van der Waals surface area (Å²) < 4.78 is 0. The van der Waals surface area contributed by atoms with Gasteiger partial charge in [0, 0.05) is 19.5 Å². The van der Waals surface area contributed by atoms with E-state index in [9.17, 15) is 9.59 Å². The van der Waals surface area contributed by atoms with Crippen molar-refractivity contribution in [3.05, 3.63) is 12.2 Å². The number of carbonyl (C=O) groups excluding carboxylic acids is 2. The minimum Gasteiger partial charge on any atom is -0.356 e. The molecule has 1 heterocycles. The van der Waals surface area contributed by atoms with Crippen LogP contribution in [0.15, 0.2) is 12.2 Å². The molecule has 0 spiro atoms. The lowest BCUT2D eigenvalue weighted by molar-refractivity contribution is -0.121. The molecule has 0 aromatic rings. The highest BCUT2D eigenvalue weighted by Crippen LogP contribution is 2.12. The third kappa shape index (κ3) is 5.84. The summed E-state index contributed by atoms with van der Waals surface area (Å²) in [6.07, 6.45) is 6.88. The maximum absolute atomic E-state index is 11.6. The molecule has 102 valence electrons. The first-order valence-corrected chi connectivity index (χ1v) is 6.82. The first kappa shape index (κ1) is 14.7. The molecule has 4 heteroatoms. The average molecular weight is 252 g/mol. The predicted molar refractivity (Wildman–Crippen MR) is 72.0 cm³/mol. The zero-order valence-electron chi connectivity index (χ0n) is 11.4. The third-order valence-electron chi connectivity index (χ3n) is 3.27. The van der Waals surface area contributed by atoms with Crippen molar-refractivity contribution in [3.63, 3.8) is 0 Å². The van der Waals surface area contributed by atoms with E-state index in [2.05, 4.69) is 24.5 Å². The largest absolute Gasteiger partial charge is 0.356 e. The molecule has 1 aliphatic heterocycles. The summed E-state index contributed by atoms with van der Waals surface area (Å²) in [6.45, 7) is 5.49. The highest BCUT2D eigenvalue weighted by atomic mass is 16.2. The van der Waals surface area contributed by atoms with E-state index in [1.807, 2.05) is 6.08 Å². The van der Waals surface area contributed by atoms with Gasteiger partial charge in [-0.1, -0.05) is 26.3 Å². The van der Waals surface area contributed by atoms with Crippen LogP contribution >= 0.6 is 0 Å². The Labute approximate surface area is 109 Å². The maximum atomic E-state index is 11.6. The van der Waals surface area contributed by atoms with E-state index in [-0.39, 0.29) is 17.7 Å².